The number of carbonyl (C=O) groups is 1. The van der Waals surface area contributed by atoms with Crippen molar-refractivity contribution >= 4 is 32.5 Å². The Labute approximate surface area is 140 Å². The first-order valence-corrected chi connectivity index (χ1v) is 10.1. The Morgan fingerprint density at radius 3 is 2.83 bits per heavy atom. The maximum Gasteiger partial charge on any atom is 0.228 e. The van der Waals surface area contributed by atoms with Crippen LogP contribution in [0.15, 0.2) is 22.6 Å². The van der Waals surface area contributed by atoms with Gasteiger partial charge in [-0.05, 0) is 42.9 Å². The monoisotopic (exact) mass is 348 g/mol. The van der Waals surface area contributed by atoms with Gasteiger partial charge in [0.15, 0.2) is 11.5 Å². The third-order valence-corrected chi connectivity index (χ3v) is 6.98. The Bertz CT molecular complexity index is 902. The molecular formula is C17H20N2O4S. The molecule has 0 bridgehead atoms. The molecule has 1 aromatic carbocycles. The van der Waals surface area contributed by atoms with Gasteiger partial charge in [0, 0.05) is 18.0 Å². The van der Waals surface area contributed by atoms with Crippen molar-refractivity contribution < 1.29 is 17.6 Å². The number of hydrogen-bond donors (Lipinski definition) is 1. The third kappa shape index (κ3) is 2.70. The van der Waals surface area contributed by atoms with E-state index < -0.39 is 9.84 Å². The van der Waals surface area contributed by atoms with Crippen molar-refractivity contribution in [2.45, 2.75) is 32.6 Å². The van der Waals surface area contributed by atoms with Crippen LogP contribution in [0.5, 0.6) is 0 Å². The minimum Gasteiger partial charge on any atom is -0.441 e. The number of benzene rings is 1. The summed E-state index contributed by atoms with van der Waals surface area (Å²) < 4.78 is 28.7. The van der Waals surface area contributed by atoms with Crippen LogP contribution in [0.25, 0.3) is 11.1 Å². The quantitative estimate of drug-likeness (QED) is 0.921. The number of rotatable bonds is 3. The van der Waals surface area contributed by atoms with Crippen LogP contribution in [-0.2, 0) is 21.1 Å². The van der Waals surface area contributed by atoms with Gasteiger partial charge in [-0.25, -0.2) is 13.4 Å². The number of carbonyl (C=O) groups excluding carboxylic acids is 1. The first-order chi connectivity index (χ1) is 11.4. The number of amides is 1. The summed E-state index contributed by atoms with van der Waals surface area (Å²) in [5, 5.41) is 2.95. The number of fused-ring (bicyclic) bond motifs is 1. The molecule has 128 valence electrons. The number of nitrogens with zero attached hydrogens (tertiary/aromatic N) is 1. The Balaban J connectivity index is 1.45. The summed E-state index contributed by atoms with van der Waals surface area (Å²) in [5.74, 6) is 1.00. The summed E-state index contributed by atoms with van der Waals surface area (Å²) in [4.78, 5) is 16.9. The van der Waals surface area contributed by atoms with E-state index in [0.717, 1.165) is 18.4 Å². The fourth-order valence-corrected chi connectivity index (χ4v) is 5.29. The summed E-state index contributed by atoms with van der Waals surface area (Å²) in [7, 11) is -2.90. The molecule has 2 aliphatic rings. The first kappa shape index (κ1) is 15.6. The number of aromatic nitrogens is 1. The van der Waals surface area contributed by atoms with Crippen molar-refractivity contribution in [2.75, 3.05) is 16.8 Å². The van der Waals surface area contributed by atoms with Crippen LogP contribution in [0.4, 0.5) is 5.69 Å². The molecule has 1 saturated heterocycles. The number of hydrogen-bond acceptors (Lipinski definition) is 5. The summed E-state index contributed by atoms with van der Waals surface area (Å²) >= 11 is 0. The van der Waals surface area contributed by atoms with E-state index in [1.807, 2.05) is 25.1 Å². The summed E-state index contributed by atoms with van der Waals surface area (Å²) in [6, 6.07) is 5.44. The molecule has 7 heteroatoms. The van der Waals surface area contributed by atoms with E-state index in [1.54, 1.807) is 0 Å². The van der Waals surface area contributed by atoms with Crippen molar-refractivity contribution in [3.63, 3.8) is 0 Å². The van der Waals surface area contributed by atoms with Gasteiger partial charge in [0.05, 0.1) is 11.5 Å². The molecule has 2 heterocycles. The van der Waals surface area contributed by atoms with E-state index in [-0.39, 0.29) is 28.7 Å². The Hall–Kier alpha value is -1.89. The minimum atomic E-state index is -2.90. The molecule has 2 aromatic rings. The van der Waals surface area contributed by atoms with E-state index >= 15 is 0 Å². The maximum atomic E-state index is 12.5. The van der Waals surface area contributed by atoms with E-state index in [2.05, 4.69) is 10.3 Å². The summed E-state index contributed by atoms with van der Waals surface area (Å²) in [6.07, 6.45) is 2.73. The van der Waals surface area contributed by atoms with Crippen LogP contribution >= 0.6 is 0 Å². The lowest BCUT2D eigenvalue weighted by atomic mass is 9.96. The van der Waals surface area contributed by atoms with Crippen molar-refractivity contribution in [3.8, 4) is 0 Å². The maximum absolute atomic E-state index is 12.5. The number of sulfone groups is 1. The van der Waals surface area contributed by atoms with Crippen LogP contribution in [0.3, 0.4) is 0 Å². The minimum absolute atomic E-state index is 0.0205. The lowest BCUT2D eigenvalue weighted by Gasteiger charge is -2.22. The van der Waals surface area contributed by atoms with Crippen LogP contribution in [0.1, 0.15) is 32.1 Å². The van der Waals surface area contributed by atoms with Crippen LogP contribution in [0.2, 0.25) is 0 Å². The number of anilines is 1. The fraction of sp³-hybridized carbons (Fsp3) is 0.529. The molecule has 24 heavy (non-hydrogen) atoms. The van der Waals surface area contributed by atoms with Gasteiger partial charge in [0.2, 0.25) is 5.91 Å². The predicted octanol–water partition coefficient (Wildman–Crippen LogP) is 2.54. The molecule has 1 aliphatic carbocycles. The van der Waals surface area contributed by atoms with Crippen molar-refractivity contribution in [1.82, 2.24) is 4.98 Å². The molecule has 1 aliphatic heterocycles. The fourth-order valence-electron chi connectivity index (χ4n) is 3.65. The first-order valence-electron chi connectivity index (χ1n) is 8.32. The van der Waals surface area contributed by atoms with E-state index in [4.69, 9.17) is 4.42 Å². The lowest BCUT2D eigenvalue weighted by Crippen LogP contribution is -2.28. The smallest absolute Gasteiger partial charge is 0.228 e. The third-order valence-electron chi connectivity index (χ3n) is 5.33. The summed E-state index contributed by atoms with van der Waals surface area (Å²) in [5.41, 5.74) is 2.06. The molecule has 0 unspecified atom stereocenters. The van der Waals surface area contributed by atoms with Gasteiger partial charge in [-0.2, -0.15) is 0 Å². The summed E-state index contributed by atoms with van der Waals surface area (Å²) in [6.45, 7) is 1.98. The molecule has 1 saturated carbocycles. The van der Waals surface area contributed by atoms with Crippen molar-refractivity contribution in [1.29, 1.82) is 0 Å². The molecule has 4 rings (SSSR count). The zero-order valence-corrected chi connectivity index (χ0v) is 14.4. The molecule has 1 atom stereocenters. The van der Waals surface area contributed by atoms with Gasteiger partial charge >= 0.3 is 0 Å². The van der Waals surface area contributed by atoms with Crippen molar-refractivity contribution in [2.24, 2.45) is 11.3 Å². The molecule has 2 fully saturated rings. The van der Waals surface area contributed by atoms with Gasteiger partial charge in [-0.15, -0.1) is 0 Å². The SMILES string of the molecule is CCc1nc2cc(NC(=O)[C@@H]3CC34CCS(=O)(=O)CC4)ccc2o1. The van der Waals surface area contributed by atoms with Crippen LogP contribution in [0, 0.1) is 11.3 Å². The highest BCUT2D eigenvalue weighted by Gasteiger charge is 2.59. The second kappa shape index (κ2) is 5.31. The second-order valence-corrected chi connectivity index (χ2v) is 9.21. The van der Waals surface area contributed by atoms with E-state index in [0.29, 0.717) is 30.0 Å². The van der Waals surface area contributed by atoms with Gasteiger partial charge in [0.1, 0.15) is 15.4 Å². The standard InChI is InChI=1S/C17H20N2O4S/c1-2-15-19-13-9-11(3-4-14(13)23-15)18-16(20)12-10-17(12)5-7-24(21,22)8-6-17/h3-4,9,12H,2,5-8,10H2,1H3,(H,18,20)/t12-/m0/s1. The van der Waals surface area contributed by atoms with E-state index in [1.165, 1.54) is 0 Å². The Morgan fingerprint density at radius 2 is 2.12 bits per heavy atom. The number of nitrogens with one attached hydrogen (secondary N) is 1. The topological polar surface area (TPSA) is 89.3 Å². The molecule has 1 N–H and O–H groups in total. The highest BCUT2D eigenvalue weighted by atomic mass is 32.2. The zero-order chi connectivity index (χ0) is 16.9. The van der Waals surface area contributed by atoms with Gasteiger partial charge < -0.3 is 9.73 Å². The Morgan fingerprint density at radius 1 is 1.38 bits per heavy atom. The van der Waals surface area contributed by atoms with Crippen LogP contribution < -0.4 is 5.32 Å². The number of oxazole rings is 1. The van der Waals surface area contributed by atoms with Crippen molar-refractivity contribution in [3.05, 3.63) is 24.1 Å². The lowest BCUT2D eigenvalue weighted by molar-refractivity contribution is -0.118. The second-order valence-electron chi connectivity index (χ2n) is 6.90. The van der Waals surface area contributed by atoms with Gasteiger partial charge in [0.25, 0.3) is 0 Å². The molecule has 1 aromatic heterocycles. The highest BCUT2D eigenvalue weighted by Crippen LogP contribution is 2.60. The van der Waals surface area contributed by atoms with E-state index in [9.17, 15) is 13.2 Å². The largest absolute Gasteiger partial charge is 0.441 e. The molecule has 0 radical (unpaired) electrons. The van der Waals surface area contributed by atoms with Gasteiger partial charge in [-0.3, -0.25) is 4.79 Å². The Kier molecular flexibility index (Phi) is 3.46. The highest BCUT2D eigenvalue weighted by molar-refractivity contribution is 7.91. The van der Waals surface area contributed by atoms with Gasteiger partial charge in [-0.1, -0.05) is 6.92 Å². The average Bonchev–Trinajstić information content (AvgIpc) is 3.11. The average molecular weight is 348 g/mol. The number of aryl methyl sites for hydroxylation is 1. The molecular weight excluding hydrogens is 328 g/mol. The molecule has 1 amide bonds. The molecule has 6 nitrogen and oxygen atoms in total. The van der Waals surface area contributed by atoms with Crippen LogP contribution in [-0.4, -0.2) is 30.8 Å². The normalized spacial score (nSPS) is 24.1. The predicted molar refractivity (Wildman–Crippen MR) is 90.4 cm³/mol. The zero-order valence-electron chi connectivity index (χ0n) is 13.5. The molecule has 1 spiro atoms.